The van der Waals surface area contributed by atoms with E-state index in [1.54, 1.807) is 4.68 Å². The van der Waals surface area contributed by atoms with Crippen molar-refractivity contribution in [3.63, 3.8) is 0 Å². The van der Waals surface area contributed by atoms with Crippen molar-refractivity contribution in [2.24, 2.45) is 7.05 Å². The first kappa shape index (κ1) is 12.1. The lowest BCUT2D eigenvalue weighted by molar-refractivity contribution is -0.136. The molecule has 2 rings (SSSR count). The molecule has 94 valence electrons. The summed E-state index contributed by atoms with van der Waals surface area (Å²) >= 11 is 0. The lowest BCUT2D eigenvalue weighted by atomic mass is 9.91. The number of carboxylic acids is 1. The van der Waals surface area contributed by atoms with Gasteiger partial charge in [-0.15, -0.1) is 0 Å². The molecule has 1 heterocycles. The van der Waals surface area contributed by atoms with Gasteiger partial charge in [-0.2, -0.15) is 5.10 Å². The minimum Gasteiger partial charge on any atom is -0.481 e. The van der Waals surface area contributed by atoms with Crippen LogP contribution >= 0.6 is 0 Å². The maximum Gasteiger partial charge on any atom is 0.309 e. The molecule has 1 N–H and O–H groups in total. The van der Waals surface area contributed by atoms with E-state index in [1.807, 2.05) is 13.2 Å². The number of rotatable bonds is 3. The van der Waals surface area contributed by atoms with Crippen LogP contribution in [-0.4, -0.2) is 20.9 Å². The highest BCUT2D eigenvalue weighted by atomic mass is 16.4. The van der Waals surface area contributed by atoms with Crippen LogP contribution in [0.5, 0.6) is 0 Å². The van der Waals surface area contributed by atoms with Crippen molar-refractivity contribution in [2.45, 2.75) is 50.9 Å². The number of hydrogen-bond donors (Lipinski definition) is 1. The van der Waals surface area contributed by atoms with Crippen LogP contribution in [0.3, 0.4) is 0 Å². The minimum atomic E-state index is -0.775. The third-order valence-electron chi connectivity index (χ3n) is 3.71. The van der Waals surface area contributed by atoms with Crippen LogP contribution in [-0.2, 0) is 18.3 Å². The second kappa shape index (κ2) is 5.34. The highest BCUT2D eigenvalue weighted by molar-refractivity contribution is 5.70. The average Bonchev–Trinajstić information content (AvgIpc) is 2.55. The molecule has 4 nitrogen and oxygen atoms in total. The van der Waals surface area contributed by atoms with Crippen molar-refractivity contribution in [1.29, 1.82) is 0 Å². The topological polar surface area (TPSA) is 55.1 Å². The summed E-state index contributed by atoms with van der Waals surface area (Å²) in [6.45, 7) is 0. The highest BCUT2D eigenvalue weighted by Crippen LogP contribution is 2.33. The van der Waals surface area contributed by atoms with Crippen LogP contribution in [0.25, 0.3) is 0 Å². The Kier molecular flexibility index (Phi) is 3.82. The number of aliphatic carboxylic acids is 1. The number of aromatic nitrogens is 2. The average molecular weight is 236 g/mol. The second-order valence-electron chi connectivity index (χ2n) is 4.93. The van der Waals surface area contributed by atoms with Gasteiger partial charge in [-0.25, -0.2) is 0 Å². The van der Waals surface area contributed by atoms with Gasteiger partial charge in [0.2, 0.25) is 0 Å². The van der Waals surface area contributed by atoms with Gasteiger partial charge in [0.1, 0.15) is 0 Å². The Bertz CT molecular complexity index is 390. The molecule has 0 aromatic carbocycles. The molecule has 0 bridgehead atoms. The van der Waals surface area contributed by atoms with Crippen molar-refractivity contribution >= 4 is 5.97 Å². The lowest BCUT2D eigenvalue weighted by Crippen LogP contribution is -2.10. The Balaban J connectivity index is 2.21. The number of carbonyl (C=O) groups is 1. The molecule has 0 saturated heterocycles. The second-order valence-corrected chi connectivity index (χ2v) is 4.93. The Morgan fingerprint density at radius 1 is 1.41 bits per heavy atom. The molecule has 0 unspecified atom stereocenters. The first-order valence-electron chi connectivity index (χ1n) is 6.41. The molecule has 1 saturated carbocycles. The van der Waals surface area contributed by atoms with Crippen molar-refractivity contribution in [2.75, 3.05) is 0 Å². The first-order valence-corrected chi connectivity index (χ1v) is 6.41. The summed E-state index contributed by atoms with van der Waals surface area (Å²) in [5.41, 5.74) is 2.04. The third-order valence-corrected chi connectivity index (χ3v) is 3.71. The quantitative estimate of drug-likeness (QED) is 0.820. The van der Waals surface area contributed by atoms with Gasteiger partial charge in [0, 0.05) is 7.05 Å². The Morgan fingerprint density at radius 3 is 2.65 bits per heavy atom. The van der Waals surface area contributed by atoms with Gasteiger partial charge < -0.3 is 5.11 Å². The zero-order chi connectivity index (χ0) is 12.3. The van der Waals surface area contributed by atoms with E-state index >= 15 is 0 Å². The van der Waals surface area contributed by atoms with Gasteiger partial charge in [-0.1, -0.05) is 25.7 Å². The van der Waals surface area contributed by atoms with Gasteiger partial charge in [0.15, 0.2) is 0 Å². The van der Waals surface area contributed by atoms with Gasteiger partial charge in [0.05, 0.1) is 18.3 Å². The van der Waals surface area contributed by atoms with Crippen LogP contribution in [0.2, 0.25) is 0 Å². The number of carboxylic acid groups (broad SMARTS) is 1. The molecule has 1 aromatic rings. The fraction of sp³-hybridized carbons (Fsp3) is 0.692. The van der Waals surface area contributed by atoms with E-state index in [2.05, 4.69) is 5.10 Å². The summed E-state index contributed by atoms with van der Waals surface area (Å²) in [7, 11) is 1.83. The molecule has 0 atom stereocenters. The molecular formula is C13H20N2O2. The molecule has 4 heteroatoms. The zero-order valence-electron chi connectivity index (χ0n) is 10.4. The van der Waals surface area contributed by atoms with E-state index in [1.165, 1.54) is 38.5 Å². The number of nitrogens with zero attached hydrogens (tertiary/aromatic N) is 2. The van der Waals surface area contributed by atoms with Gasteiger partial charge in [-0.05, 0) is 24.3 Å². The van der Waals surface area contributed by atoms with Crippen LogP contribution < -0.4 is 0 Å². The van der Waals surface area contributed by atoms with E-state index < -0.39 is 5.97 Å². The standard InChI is InChI=1S/C13H20N2O2/c1-15-12(8-13(16)17)11(9-14-15)10-6-4-2-3-5-7-10/h9-10H,2-8H2,1H3,(H,16,17). The van der Waals surface area contributed by atoms with Gasteiger partial charge in [0.25, 0.3) is 0 Å². The van der Waals surface area contributed by atoms with Crippen molar-refractivity contribution < 1.29 is 9.90 Å². The number of aryl methyl sites for hydroxylation is 1. The molecule has 0 amide bonds. The van der Waals surface area contributed by atoms with E-state index in [4.69, 9.17) is 5.11 Å². The van der Waals surface area contributed by atoms with Crippen LogP contribution in [0.4, 0.5) is 0 Å². The van der Waals surface area contributed by atoms with Crippen molar-refractivity contribution in [3.05, 3.63) is 17.5 Å². The highest BCUT2D eigenvalue weighted by Gasteiger charge is 2.21. The van der Waals surface area contributed by atoms with E-state index in [0.29, 0.717) is 5.92 Å². The van der Waals surface area contributed by atoms with Crippen LogP contribution in [0.15, 0.2) is 6.20 Å². The van der Waals surface area contributed by atoms with Crippen LogP contribution in [0, 0.1) is 0 Å². The number of hydrogen-bond acceptors (Lipinski definition) is 2. The molecule has 1 aliphatic rings. The fourth-order valence-electron chi connectivity index (χ4n) is 2.77. The first-order chi connectivity index (χ1) is 8.18. The van der Waals surface area contributed by atoms with Crippen molar-refractivity contribution in [1.82, 2.24) is 9.78 Å². The molecule has 0 radical (unpaired) electrons. The van der Waals surface area contributed by atoms with E-state index in [-0.39, 0.29) is 6.42 Å². The van der Waals surface area contributed by atoms with E-state index in [0.717, 1.165) is 11.3 Å². The maximum atomic E-state index is 10.9. The molecule has 0 spiro atoms. The predicted molar refractivity (Wildman–Crippen MR) is 65.0 cm³/mol. The molecule has 1 aliphatic carbocycles. The largest absolute Gasteiger partial charge is 0.481 e. The molecule has 1 aromatic heterocycles. The summed E-state index contributed by atoms with van der Waals surface area (Å²) in [5.74, 6) is -0.260. The smallest absolute Gasteiger partial charge is 0.309 e. The van der Waals surface area contributed by atoms with Crippen molar-refractivity contribution in [3.8, 4) is 0 Å². The Labute approximate surface area is 102 Å². The third kappa shape index (κ3) is 2.87. The summed E-state index contributed by atoms with van der Waals surface area (Å²) in [6.07, 6.45) is 9.45. The van der Waals surface area contributed by atoms with Gasteiger partial charge >= 0.3 is 5.97 Å². The minimum absolute atomic E-state index is 0.0856. The Hall–Kier alpha value is -1.32. The summed E-state index contributed by atoms with van der Waals surface area (Å²) in [5, 5.41) is 13.2. The molecule has 17 heavy (non-hydrogen) atoms. The van der Waals surface area contributed by atoms with E-state index in [9.17, 15) is 4.79 Å². The molecule has 1 fully saturated rings. The SMILES string of the molecule is Cn1ncc(C2CCCCCC2)c1CC(=O)O. The monoisotopic (exact) mass is 236 g/mol. The predicted octanol–water partition coefficient (Wildman–Crippen LogP) is 2.49. The normalized spacial score (nSPS) is 17.9. The fourth-order valence-corrected chi connectivity index (χ4v) is 2.77. The molecule has 0 aliphatic heterocycles. The maximum absolute atomic E-state index is 10.9. The Morgan fingerprint density at radius 2 is 2.06 bits per heavy atom. The summed E-state index contributed by atoms with van der Waals surface area (Å²) < 4.78 is 1.72. The van der Waals surface area contributed by atoms with Crippen LogP contribution in [0.1, 0.15) is 55.7 Å². The molecular weight excluding hydrogens is 216 g/mol. The summed E-state index contributed by atoms with van der Waals surface area (Å²) in [6, 6.07) is 0. The van der Waals surface area contributed by atoms with Gasteiger partial charge in [-0.3, -0.25) is 9.48 Å². The zero-order valence-corrected chi connectivity index (χ0v) is 10.4. The summed E-state index contributed by atoms with van der Waals surface area (Å²) in [4.78, 5) is 10.9. The lowest BCUT2D eigenvalue weighted by Gasteiger charge is -2.14.